The molecule has 1 N–H and O–H groups in total. The van der Waals surface area contributed by atoms with Crippen molar-refractivity contribution in [1.82, 2.24) is 10.3 Å². The lowest BCUT2D eigenvalue weighted by Crippen LogP contribution is -2.30. The minimum atomic E-state index is -0.740. The second-order valence-corrected chi connectivity index (χ2v) is 7.47. The number of non-ortho nitro benzene ring substituents is 1. The highest BCUT2D eigenvalue weighted by molar-refractivity contribution is 6.07. The summed E-state index contributed by atoms with van der Waals surface area (Å²) in [6, 6.07) is 18.2. The SMILES string of the molecule is CCOC(=O)c1coc([C@H](Cc2ccc([N+](=O)[O-])cc2)NC(=O)c2cccc3ccccc23)n1. The fourth-order valence-electron chi connectivity index (χ4n) is 3.60. The van der Waals surface area contributed by atoms with Gasteiger partial charge in [-0.25, -0.2) is 9.78 Å². The molecule has 3 aromatic carbocycles. The smallest absolute Gasteiger partial charge is 0.360 e. The third kappa shape index (κ3) is 4.93. The Labute approximate surface area is 194 Å². The van der Waals surface area contributed by atoms with Gasteiger partial charge in [-0.3, -0.25) is 14.9 Å². The van der Waals surface area contributed by atoms with Crippen LogP contribution < -0.4 is 5.32 Å². The van der Waals surface area contributed by atoms with E-state index in [-0.39, 0.29) is 36.2 Å². The fourth-order valence-corrected chi connectivity index (χ4v) is 3.60. The number of aromatic nitrogens is 1. The Kier molecular flexibility index (Phi) is 6.63. The molecule has 1 amide bonds. The van der Waals surface area contributed by atoms with Crippen molar-refractivity contribution >= 4 is 28.3 Å². The van der Waals surface area contributed by atoms with E-state index in [9.17, 15) is 19.7 Å². The molecule has 0 radical (unpaired) electrons. The summed E-state index contributed by atoms with van der Waals surface area (Å²) in [6.45, 7) is 1.87. The van der Waals surface area contributed by atoms with Gasteiger partial charge in [-0.1, -0.05) is 48.5 Å². The van der Waals surface area contributed by atoms with Gasteiger partial charge in [-0.2, -0.15) is 0 Å². The zero-order chi connectivity index (χ0) is 24.1. The quantitative estimate of drug-likeness (QED) is 0.231. The van der Waals surface area contributed by atoms with Crippen molar-refractivity contribution in [2.45, 2.75) is 19.4 Å². The number of amides is 1. The average Bonchev–Trinajstić information content (AvgIpc) is 3.34. The Morgan fingerprint density at radius 3 is 2.56 bits per heavy atom. The van der Waals surface area contributed by atoms with E-state index in [2.05, 4.69) is 10.3 Å². The first-order chi connectivity index (χ1) is 16.5. The summed E-state index contributed by atoms with van der Waals surface area (Å²) in [4.78, 5) is 40.0. The van der Waals surface area contributed by atoms with E-state index in [4.69, 9.17) is 9.15 Å². The highest BCUT2D eigenvalue weighted by Gasteiger charge is 2.24. The largest absolute Gasteiger partial charge is 0.461 e. The number of nitrogens with zero attached hydrogens (tertiary/aromatic N) is 2. The third-order valence-electron chi connectivity index (χ3n) is 5.23. The zero-order valence-electron chi connectivity index (χ0n) is 18.3. The molecule has 0 fully saturated rings. The molecule has 4 rings (SSSR count). The number of fused-ring (bicyclic) bond motifs is 1. The molecule has 0 saturated carbocycles. The summed E-state index contributed by atoms with van der Waals surface area (Å²) < 4.78 is 10.5. The van der Waals surface area contributed by atoms with Gasteiger partial charge in [0.2, 0.25) is 5.89 Å². The summed E-state index contributed by atoms with van der Waals surface area (Å²) in [5, 5.41) is 15.6. The van der Waals surface area contributed by atoms with Gasteiger partial charge in [-0.15, -0.1) is 0 Å². The average molecular weight is 459 g/mol. The molecule has 0 spiro atoms. The fraction of sp³-hybridized carbons (Fsp3) is 0.160. The first-order valence-electron chi connectivity index (χ1n) is 10.6. The number of nitro benzene ring substituents is 1. The Hall–Kier alpha value is -4.53. The minimum absolute atomic E-state index is 0.00930. The normalized spacial score (nSPS) is 11.7. The summed E-state index contributed by atoms with van der Waals surface area (Å²) in [5.41, 5.74) is 1.14. The van der Waals surface area contributed by atoms with Crippen molar-refractivity contribution in [3.05, 3.63) is 106 Å². The lowest BCUT2D eigenvalue weighted by Gasteiger charge is -2.17. The van der Waals surface area contributed by atoms with Crippen molar-refractivity contribution in [3.8, 4) is 0 Å². The number of oxazole rings is 1. The van der Waals surface area contributed by atoms with Gasteiger partial charge >= 0.3 is 5.97 Å². The molecule has 172 valence electrons. The van der Waals surface area contributed by atoms with Gasteiger partial charge in [0.05, 0.1) is 11.5 Å². The second kappa shape index (κ2) is 9.95. The van der Waals surface area contributed by atoms with Gasteiger partial charge in [0.1, 0.15) is 12.3 Å². The van der Waals surface area contributed by atoms with Crippen molar-refractivity contribution < 1.29 is 23.7 Å². The summed E-state index contributed by atoms with van der Waals surface area (Å²) >= 11 is 0. The Morgan fingerprint density at radius 2 is 1.82 bits per heavy atom. The maximum absolute atomic E-state index is 13.3. The number of hydrogen-bond acceptors (Lipinski definition) is 7. The van der Waals surface area contributed by atoms with E-state index in [1.807, 2.05) is 30.3 Å². The van der Waals surface area contributed by atoms with Crippen LogP contribution in [0.5, 0.6) is 0 Å². The molecule has 0 aliphatic carbocycles. The molecule has 0 aliphatic rings. The lowest BCUT2D eigenvalue weighted by atomic mass is 10.0. The Balaban J connectivity index is 1.65. The first kappa shape index (κ1) is 22.7. The maximum Gasteiger partial charge on any atom is 0.360 e. The van der Waals surface area contributed by atoms with Crippen molar-refractivity contribution in [2.75, 3.05) is 6.61 Å². The van der Waals surface area contributed by atoms with Gasteiger partial charge in [0, 0.05) is 24.1 Å². The number of esters is 1. The number of rotatable bonds is 8. The molecular weight excluding hydrogens is 438 g/mol. The summed E-state index contributed by atoms with van der Waals surface area (Å²) in [7, 11) is 0. The molecule has 1 heterocycles. The van der Waals surface area contributed by atoms with Crippen LogP contribution in [0.4, 0.5) is 5.69 Å². The molecule has 0 saturated heterocycles. The number of carbonyl (C=O) groups is 2. The predicted molar refractivity (Wildman–Crippen MR) is 123 cm³/mol. The van der Waals surface area contributed by atoms with Crippen LogP contribution in [0.25, 0.3) is 10.8 Å². The minimum Gasteiger partial charge on any atom is -0.461 e. The van der Waals surface area contributed by atoms with Crippen LogP contribution in [-0.2, 0) is 11.2 Å². The van der Waals surface area contributed by atoms with E-state index < -0.39 is 16.9 Å². The van der Waals surface area contributed by atoms with E-state index in [1.165, 1.54) is 18.4 Å². The summed E-state index contributed by atoms with van der Waals surface area (Å²) in [6.07, 6.45) is 1.41. The molecule has 1 atom stereocenters. The van der Waals surface area contributed by atoms with Crippen LogP contribution in [-0.4, -0.2) is 28.4 Å². The van der Waals surface area contributed by atoms with E-state index >= 15 is 0 Å². The molecule has 0 aliphatic heterocycles. The topological polar surface area (TPSA) is 125 Å². The lowest BCUT2D eigenvalue weighted by molar-refractivity contribution is -0.384. The number of nitrogens with one attached hydrogen (secondary N) is 1. The standard InChI is InChI=1S/C25H21N3O6/c1-2-33-25(30)22-15-34-24(27-22)21(14-16-10-12-18(13-11-16)28(31)32)26-23(29)20-9-5-7-17-6-3-4-8-19(17)20/h3-13,15,21H,2,14H2,1H3,(H,26,29)/t21-/m0/s1. The molecular formula is C25H21N3O6. The van der Waals surface area contributed by atoms with Crippen LogP contribution in [0.2, 0.25) is 0 Å². The van der Waals surface area contributed by atoms with Crippen LogP contribution in [0.1, 0.15) is 45.3 Å². The molecule has 34 heavy (non-hydrogen) atoms. The maximum atomic E-state index is 13.3. The molecule has 4 aromatic rings. The zero-order valence-corrected chi connectivity index (χ0v) is 18.3. The first-order valence-corrected chi connectivity index (χ1v) is 10.6. The molecule has 9 heteroatoms. The second-order valence-electron chi connectivity index (χ2n) is 7.47. The number of hydrogen-bond donors (Lipinski definition) is 1. The highest BCUT2D eigenvalue weighted by Crippen LogP contribution is 2.23. The Morgan fingerprint density at radius 1 is 1.09 bits per heavy atom. The van der Waals surface area contributed by atoms with E-state index in [0.29, 0.717) is 11.1 Å². The predicted octanol–water partition coefficient (Wildman–Crippen LogP) is 4.63. The molecule has 0 unspecified atom stereocenters. The molecule has 9 nitrogen and oxygen atoms in total. The monoisotopic (exact) mass is 459 g/mol. The van der Waals surface area contributed by atoms with Crippen molar-refractivity contribution in [3.63, 3.8) is 0 Å². The Bertz CT molecular complexity index is 1340. The number of carbonyl (C=O) groups excluding carboxylic acids is 2. The van der Waals surface area contributed by atoms with Crippen LogP contribution in [0, 0.1) is 10.1 Å². The van der Waals surface area contributed by atoms with Crippen molar-refractivity contribution in [1.29, 1.82) is 0 Å². The van der Waals surface area contributed by atoms with Crippen LogP contribution in [0.15, 0.2) is 77.4 Å². The van der Waals surface area contributed by atoms with E-state index in [1.54, 1.807) is 31.2 Å². The number of benzene rings is 3. The van der Waals surface area contributed by atoms with Gasteiger partial charge in [-0.05, 0) is 29.3 Å². The van der Waals surface area contributed by atoms with Crippen molar-refractivity contribution in [2.24, 2.45) is 0 Å². The highest BCUT2D eigenvalue weighted by atomic mass is 16.6. The number of ether oxygens (including phenoxy) is 1. The molecule has 1 aromatic heterocycles. The number of nitro groups is 1. The van der Waals surface area contributed by atoms with Gasteiger partial charge < -0.3 is 14.5 Å². The third-order valence-corrected chi connectivity index (χ3v) is 5.23. The molecule has 0 bridgehead atoms. The van der Waals surface area contributed by atoms with E-state index in [0.717, 1.165) is 10.8 Å². The van der Waals surface area contributed by atoms with Crippen LogP contribution in [0.3, 0.4) is 0 Å². The van der Waals surface area contributed by atoms with Gasteiger partial charge in [0.15, 0.2) is 5.69 Å². The van der Waals surface area contributed by atoms with Gasteiger partial charge in [0.25, 0.3) is 11.6 Å². The summed E-state index contributed by atoms with van der Waals surface area (Å²) in [5.74, 6) is -0.860. The van der Waals surface area contributed by atoms with Crippen LogP contribution >= 0.6 is 0 Å².